The summed E-state index contributed by atoms with van der Waals surface area (Å²) in [4.78, 5) is 12.3. The highest BCUT2D eigenvalue weighted by atomic mass is 28.4. The van der Waals surface area contributed by atoms with Crippen LogP contribution in [0.25, 0.3) is 0 Å². The molecule has 7 heteroatoms. The molecule has 1 saturated heterocycles. The number of hydrogen-bond donors (Lipinski definition) is 0. The molecule has 3 aliphatic rings. The van der Waals surface area contributed by atoms with Gasteiger partial charge in [-0.1, -0.05) is 26.8 Å². The Morgan fingerprint density at radius 2 is 1.94 bits per heavy atom. The second kappa shape index (κ2) is 10.5. The molecule has 4 rings (SSSR count). The fourth-order valence-corrected chi connectivity index (χ4v) is 6.54. The van der Waals surface area contributed by atoms with Crippen LogP contribution < -0.4 is 4.74 Å². The molecule has 0 amide bonds. The van der Waals surface area contributed by atoms with Gasteiger partial charge in [0.1, 0.15) is 11.9 Å². The maximum absolute atomic E-state index is 12.3. The molecule has 0 N–H and O–H groups in total. The Hall–Kier alpha value is -1.41. The minimum atomic E-state index is -1.90. The number of hydrogen-bond acceptors (Lipinski definition) is 6. The number of ether oxygens (including phenoxy) is 4. The number of rotatable bonds is 6. The molecule has 2 heterocycles. The number of carbonyl (C=O) groups excluding carboxylic acids is 1. The molecular weight excluding hydrogens is 460 g/mol. The van der Waals surface area contributed by atoms with Gasteiger partial charge in [0.05, 0.1) is 18.8 Å². The molecule has 2 fully saturated rings. The smallest absolute Gasteiger partial charge is 0.338 e. The third-order valence-corrected chi connectivity index (χ3v) is 13.3. The Bertz CT molecular complexity index is 901. The lowest BCUT2D eigenvalue weighted by atomic mass is 9.89. The van der Waals surface area contributed by atoms with Crippen LogP contribution in [0.15, 0.2) is 12.1 Å². The first-order valence-corrected chi connectivity index (χ1v) is 16.2. The molecule has 0 bridgehead atoms. The van der Waals surface area contributed by atoms with Crippen molar-refractivity contribution in [1.29, 1.82) is 0 Å². The average Bonchev–Trinajstić information content (AvgIpc) is 3.01. The summed E-state index contributed by atoms with van der Waals surface area (Å²) in [5.41, 5.74) is 2.61. The molecule has 6 nitrogen and oxygen atoms in total. The monoisotopic (exact) mass is 504 g/mol. The van der Waals surface area contributed by atoms with E-state index in [0.717, 1.165) is 56.4 Å². The third-order valence-electron chi connectivity index (χ3n) is 8.79. The highest BCUT2D eigenvalue weighted by Gasteiger charge is 2.49. The summed E-state index contributed by atoms with van der Waals surface area (Å²) >= 11 is 0. The van der Waals surface area contributed by atoms with Crippen LogP contribution in [0.5, 0.6) is 5.75 Å². The van der Waals surface area contributed by atoms with E-state index in [1.165, 1.54) is 12.7 Å². The largest absolute Gasteiger partial charge is 0.489 e. The number of benzene rings is 1. The molecular formula is C28H44O6Si. The van der Waals surface area contributed by atoms with Crippen molar-refractivity contribution >= 4 is 14.3 Å². The van der Waals surface area contributed by atoms with E-state index in [-0.39, 0.29) is 35.4 Å². The van der Waals surface area contributed by atoms with Gasteiger partial charge in [-0.15, -0.1) is 0 Å². The van der Waals surface area contributed by atoms with Crippen molar-refractivity contribution < 1.29 is 28.2 Å². The maximum atomic E-state index is 12.3. The predicted octanol–water partition coefficient (Wildman–Crippen LogP) is 6.04. The van der Waals surface area contributed by atoms with E-state index < -0.39 is 8.32 Å². The van der Waals surface area contributed by atoms with Gasteiger partial charge in [0.2, 0.25) is 0 Å². The van der Waals surface area contributed by atoms with Gasteiger partial charge in [-0.3, -0.25) is 0 Å². The summed E-state index contributed by atoms with van der Waals surface area (Å²) in [6, 6.07) is 3.90. The number of esters is 1. The van der Waals surface area contributed by atoms with Crippen molar-refractivity contribution in [3.05, 3.63) is 28.8 Å². The Balaban J connectivity index is 1.58. The number of aryl methyl sites for hydroxylation is 1. The molecule has 5 atom stereocenters. The zero-order valence-electron chi connectivity index (χ0n) is 22.6. The van der Waals surface area contributed by atoms with Crippen molar-refractivity contribution in [2.24, 2.45) is 11.8 Å². The standard InChI is InChI=1S/C28H44O6Si/c1-18-20(27(29)30-5)13-11-19-12-14-21-22(17-32-35(6,7)28(2,3)4)24(16-23(21)34-26(18)19)33-25-10-8-9-15-31-25/h11,13,21-25H,8-10,12,14-17H2,1-7H3/t21-,22-,23+,24-,25?/m1/s1. The molecule has 35 heavy (non-hydrogen) atoms. The fraction of sp³-hybridized carbons (Fsp3) is 0.750. The third kappa shape index (κ3) is 5.63. The highest BCUT2D eigenvalue weighted by Crippen LogP contribution is 2.46. The Morgan fingerprint density at radius 3 is 2.60 bits per heavy atom. The van der Waals surface area contributed by atoms with Crippen molar-refractivity contribution in [1.82, 2.24) is 0 Å². The predicted molar refractivity (Wildman–Crippen MR) is 138 cm³/mol. The summed E-state index contributed by atoms with van der Waals surface area (Å²) in [6.45, 7) is 14.9. The molecule has 1 aliphatic carbocycles. The van der Waals surface area contributed by atoms with Crippen LogP contribution in [-0.4, -0.2) is 53.1 Å². The van der Waals surface area contributed by atoms with Crippen LogP contribution >= 0.6 is 0 Å². The quantitative estimate of drug-likeness (QED) is 0.347. The van der Waals surface area contributed by atoms with E-state index in [1.807, 2.05) is 19.1 Å². The summed E-state index contributed by atoms with van der Waals surface area (Å²) in [5, 5.41) is 0.158. The van der Waals surface area contributed by atoms with Crippen molar-refractivity contribution in [3.63, 3.8) is 0 Å². The van der Waals surface area contributed by atoms with Gasteiger partial charge in [-0.25, -0.2) is 4.79 Å². The lowest BCUT2D eigenvalue weighted by Crippen LogP contribution is -2.44. The Morgan fingerprint density at radius 1 is 1.17 bits per heavy atom. The second-order valence-electron chi connectivity index (χ2n) is 12.0. The van der Waals surface area contributed by atoms with Crippen molar-refractivity contribution in [2.45, 2.75) is 103 Å². The van der Waals surface area contributed by atoms with Gasteiger partial charge in [0, 0.05) is 37.0 Å². The second-order valence-corrected chi connectivity index (χ2v) is 16.8. The fourth-order valence-electron chi connectivity index (χ4n) is 5.50. The zero-order valence-corrected chi connectivity index (χ0v) is 23.6. The molecule has 1 aromatic rings. The van der Waals surface area contributed by atoms with E-state index in [9.17, 15) is 4.79 Å². The van der Waals surface area contributed by atoms with E-state index in [2.05, 4.69) is 33.9 Å². The topological polar surface area (TPSA) is 63.2 Å². The number of carbonyl (C=O) groups is 1. The SMILES string of the molecule is COC(=O)c1ccc2c(c1C)O[C@H]1C[C@@H](OC3CCCCO3)[C@H](CO[Si](C)(C)C(C)(C)C)[C@H]1CC2. The minimum absolute atomic E-state index is 0.0319. The molecule has 2 aliphatic heterocycles. The van der Waals surface area contributed by atoms with Crippen LogP contribution in [0.3, 0.4) is 0 Å². The van der Waals surface area contributed by atoms with Gasteiger partial charge >= 0.3 is 5.97 Å². The lowest BCUT2D eigenvalue weighted by molar-refractivity contribution is -0.197. The number of methoxy groups -OCH3 is 1. The van der Waals surface area contributed by atoms with Gasteiger partial charge < -0.3 is 23.4 Å². The molecule has 1 unspecified atom stereocenters. The molecule has 196 valence electrons. The van der Waals surface area contributed by atoms with Crippen LogP contribution in [0.2, 0.25) is 18.1 Å². The average molecular weight is 505 g/mol. The first-order valence-electron chi connectivity index (χ1n) is 13.3. The Kier molecular flexibility index (Phi) is 8.01. The Labute approximate surface area is 212 Å². The first kappa shape index (κ1) is 26.6. The van der Waals surface area contributed by atoms with Crippen LogP contribution in [0.1, 0.15) is 74.4 Å². The van der Waals surface area contributed by atoms with Gasteiger partial charge in [0.25, 0.3) is 0 Å². The first-order chi connectivity index (χ1) is 16.5. The zero-order chi connectivity index (χ0) is 25.4. The summed E-state index contributed by atoms with van der Waals surface area (Å²) in [5.74, 6) is 1.12. The molecule has 1 aromatic carbocycles. The van der Waals surface area contributed by atoms with Crippen molar-refractivity contribution in [3.8, 4) is 5.75 Å². The van der Waals surface area contributed by atoms with E-state index >= 15 is 0 Å². The molecule has 0 spiro atoms. The van der Waals surface area contributed by atoms with E-state index in [0.29, 0.717) is 18.1 Å². The van der Waals surface area contributed by atoms with Gasteiger partial charge in [0.15, 0.2) is 14.6 Å². The van der Waals surface area contributed by atoms with Crippen LogP contribution in [0, 0.1) is 18.8 Å². The molecule has 0 aromatic heterocycles. The summed E-state index contributed by atoms with van der Waals surface area (Å²) in [6.07, 6.45) is 5.90. The van der Waals surface area contributed by atoms with Crippen LogP contribution in [0.4, 0.5) is 0 Å². The highest BCUT2D eigenvalue weighted by molar-refractivity contribution is 6.74. The van der Waals surface area contributed by atoms with Crippen molar-refractivity contribution in [2.75, 3.05) is 20.3 Å². The van der Waals surface area contributed by atoms with Crippen LogP contribution in [-0.2, 0) is 25.1 Å². The minimum Gasteiger partial charge on any atom is -0.489 e. The summed E-state index contributed by atoms with van der Waals surface area (Å²) in [7, 11) is -0.479. The molecule has 0 radical (unpaired) electrons. The lowest BCUT2D eigenvalue weighted by Gasteiger charge is -2.38. The molecule has 1 saturated carbocycles. The normalized spacial score (nSPS) is 29.1. The maximum Gasteiger partial charge on any atom is 0.338 e. The number of fused-ring (bicyclic) bond motifs is 2. The van der Waals surface area contributed by atoms with Gasteiger partial charge in [-0.2, -0.15) is 0 Å². The van der Waals surface area contributed by atoms with E-state index in [4.69, 9.17) is 23.4 Å². The van der Waals surface area contributed by atoms with Gasteiger partial charge in [-0.05, 0) is 68.8 Å². The summed E-state index contributed by atoms with van der Waals surface area (Å²) < 4.78 is 31.0. The van der Waals surface area contributed by atoms with E-state index in [1.54, 1.807) is 0 Å².